The molecule has 5 nitrogen and oxygen atoms in total. The molecule has 0 aliphatic rings. The molecule has 0 fully saturated rings. The first kappa shape index (κ1) is 15.6. The van der Waals surface area contributed by atoms with E-state index in [2.05, 4.69) is 10.6 Å². The van der Waals surface area contributed by atoms with Crippen LogP contribution in [0.25, 0.3) is 0 Å². The van der Waals surface area contributed by atoms with E-state index in [1.165, 1.54) is 0 Å². The van der Waals surface area contributed by atoms with Gasteiger partial charge in [-0.25, -0.2) is 0 Å². The van der Waals surface area contributed by atoms with Gasteiger partial charge in [-0.05, 0) is 31.2 Å². The monoisotopic (exact) mass is 298 g/mol. The van der Waals surface area contributed by atoms with Crippen LogP contribution in [0.4, 0.5) is 5.69 Å². The van der Waals surface area contributed by atoms with Crippen molar-refractivity contribution in [2.24, 2.45) is 0 Å². The molecule has 0 aliphatic carbocycles. The summed E-state index contributed by atoms with van der Waals surface area (Å²) in [5.74, 6) is -0.119. The number of para-hydroxylation sites is 2. The number of nitrogens with one attached hydrogen (secondary N) is 2. The molecular formula is C17H18N2O3. The normalized spacial score (nSPS) is 9.86. The van der Waals surface area contributed by atoms with Crippen molar-refractivity contribution < 1.29 is 14.3 Å². The smallest absolute Gasteiger partial charge is 0.255 e. The molecule has 0 spiro atoms. The van der Waals surface area contributed by atoms with Crippen molar-refractivity contribution in [3.63, 3.8) is 0 Å². The summed E-state index contributed by atoms with van der Waals surface area (Å²) in [6.07, 6.45) is 0. The summed E-state index contributed by atoms with van der Waals surface area (Å²) in [6.45, 7) is 2.22. The molecule has 0 radical (unpaired) electrons. The molecule has 2 N–H and O–H groups in total. The van der Waals surface area contributed by atoms with Crippen molar-refractivity contribution >= 4 is 17.5 Å². The van der Waals surface area contributed by atoms with E-state index in [-0.39, 0.29) is 18.4 Å². The minimum absolute atomic E-state index is 0.103. The SMILES string of the molecule is CCOc1ccccc1C(=O)NCC(=O)Nc1ccccc1. The van der Waals surface area contributed by atoms with Crippen LogP contribution in [0.5, 0.6) is 5.75 Å². The molecule has 2 rings (SSSR count). The predicted octanol–water partition coefficient (Wildman–Crippen LogP) is 2.45. The topological polar surface area (TPSA) is 67.4 Å². The van der Waals surface area contributed by atoms with E-state index in [9.17, 15) is 9.59 Å². The average molecular weight is 298 g/mol. The van der Waals surface area contributed by atoms with Gasteiger partial charge < -0.3 is 15.4 Å². The molecule has 0 heterocycles. The Labute approximate surface area is 129 Å². The first-order valence-electron chi connectivity index (χ1n) is 7.05. The zero-order valence-corrected chi connectivity index (χ0v) is 12.3. The number of hydrogen-bond acceptors (Lipinski definition) is 3. The first-order chi connectivity index (χ1) is 10.7. The number of rotatable bonds is 6. The lowest BCUT2D eigenvalue weighted by molar-refractivity contribution is -0.115. The second kappa shape index (κ2) is 7.83. The Kier molecular flexibility index (Phi) is 5.54. The van der Waals surface area contributed by atoms with Gasteiger partial charge in [0.25, 0.3) is 5.91 Å². The highest BCUT2D eigenvalue weighted by molar-refractivity contribution is 6.00. The van der Waals surface area contributed by atoms with Gasteiger partial charge in [0.1, 0.15) is 5.75 Å². The van der Waals surface area contributed by atoms with E-state index in [1.54, 1.807) is 36.4 Å². The molecule has 22 heavy (non-hydrogen) atoms. The first-order valence-corrected chi connectivity index (χ1v) is 7.05. The van der Waals surface area contributed by atoms with E-state index in [0.29, 0.717) is 23.6 Å². The third kappa shape index (κ3) is 4.34. The van der Waals surface area contributed by atoms with Crippen molar-refractivity contribution in [3.05, 3.63) is 60.2 Å². The molecule has 0 bridgehead atoms. The second-order valence-electron chi connectivity index (χ2n) is 4.53. The van der Waals surface area contributed by atoms with E-state index in [1.807, 2.05) is 25.1 Å². The number of amides is 2. The lowest BCUT2D eigenvalue weighted by Gasteiger charge is -2.10. The van der Waals surface area contributed by atoms with Crippen molar-refractivity contribution in [2.45, 2.75) is 6.92 Å². The summed E-state index contributed by atoms with van der Waals surface area (Å²) in [4.78, 5) is 23.9. The molecule has 2 aromatic carbocycles. The van der Waals surface area contributed by atoms with Crippen LogP contribution in [-0.4, -0.2) is 25.0 Å². The third-order valence-corrected chi connectivity index (χ3v) is 2.90. The lowest BCUT2D eigenvalue weighted by atomic mass is 10.2. The Morgan fingerprint density at radius 3 is 2.41 bits per heavy atom. The quantitative estimate of drug-likeness (QED) is 0.861. The zero-order chi connectivity index (χ0) is 15.8. The zero-order valence-electron chi connectivity index (χ0n) is 12.3. The van der Waals surface area contributed by atoms with Crippen molar-refractivity contribution in [1.82, 2.24) is 5.32 Å². The number of ether oxygens (including phenoxy) is 1. The van der Waals surface area contributed by atoms with Gasteiger partial charge in [-0.15, -0.1) is 0 Å². The predicted molar refractivity (Wildman–Crippen MR) is 85.0 cm³/mol. The molecule has 114 valence electrons. The van der Waals surface area contributed by atoms with Gasteiger partial charge in [-0.3, -0.25) is 9.59 Å². The van der Waals surface area contributed by atoms with Crippen LogP contribution in [0, 0.1) is 0 Å². The molecule has 5 heteroatoms. The molecule has 2 amide bonds. The van der Waals surface area contributed by atoms with Crippen LogP contribution in [0.3, 0.4) is 0 Å². The van der Waals surface area contributed by atoms with Gasteiger partial charge in [-0.1, -0.05) is 30.3 Å². The van der Waals surface area contributed by atoms with Crippen molar-refractivity contribution in [1.29, 1.82) is 0 Å². The fourth-order valence-electron chi connectivity index (χ4n) is 1.92. The highest BCUT2D eigenvalue weighted by Crippen LogP contribution is 2.17. The Morgan fingerprint density at radius 1 is 1.00 bits per heavy atom. The molecule has 0 aromatic heterocycles. The fourth-order valence-corrected chi connectivity index (χ4v) is 1.92. The highest BCUT2D eigenvalue weighted by Gasteiger charge is 2.12. The van der Waals surface area contributed by atoms with E-state index in [0.717, 1.165) is 0 Å². The summed E-state index contributed by atoms with van der Waals surface area (Å²) in [7, 11) is 0. The van der Waals surface area contributed by atoms with Gasteiger partial charge in [0.15, 0.2) is 0 Å². The molecule has 0 saturated carbocycles. The van der Waals surface area contributed by atoms with Crippen LogP contribution >= 0.6 is 0 Å². The van der Waals surface area contributed by atoms with E-state index >= 15 is 0 Å². The Bertz CT molecular complexity index is 641. The summed E-state index contributed by atoms with van der Waals surface area (Å²) in [5.41, 5.74) is 1.10. The summed E-state index contributed by atoms with van der Waals surface area (Å²) < 4.78 is 5.40. The lowest BCUT2D eigenvalue weighted by Crippen LogP contribution is -2.33. The Balaban J connectivity index is 1.91. The molecule has 0 aliphatic heterocycles. The molecule has 0 unspecified atom stereocenters. The average Bonchev–Trinajstić information content (AvgIpc) is 2.54. The number of benzene rings is 2. The Hall–Kier alpha value is -2.82. The van der Waals surface area contributed by atoms with Gasteiger partial charge in [0, 0.05) is 5.69 Å². The van der Waals surface area contributed by atoms with Gasteiger partial charge >= 0.3 is 0 Å². The second-order valence-corrected chi connectivity index (χ2v) is 4.53. The number of carbonyl (C=O) groups is 2. The van der Waals surface area contributed by atoms with Crippen LogP contribution in [0.15, 0.2) is 54.6 Å². The van der Waals surface area contributed by atoms with Gasteiger partial charge in [0.2, 0.25) is 5.91 Å². The van der Waals surface area contributed by atoms with E-state index < -0.39 is 0 Å². The molecule has 2 aromatic rings. The Morgan fingerprint density at radius 2 is 1.68 bits per heavy atom. The third-order valence-electron chi connectivity index (χ3n) is 2.90. The van der Waals surface area contributed by atoms with Crippen molar-refractivity contribution in [2.75, 3.05) is 18.5 Å². The summed E-state index contributed by atoms with van der Waals surface area (Å²) in [6, 6.07) is 16.0. The fraction of sp³-hybridized carbons (Fsp3) is 0.176. The molecule has 0 saturated heterocycles. The standard InChI is InChI=1S/C17H18N2O3/c1-2-22-15-11-7-6-10-14(15)17(21)18-12-16(20)19-13-8-4-3-5-9-13/h3-11H,2,12H2,1H3,(H,18,21)(H,19,20). The van der Waals surface area contributed by atoms with Crippen molar-refractivity contribution in [3.8, 4) is 5.75 Å². The van der Waals surface area contributed by atoms with Crippen LogP contribution in [0.2, 0.25) is 0 Å². The summed E-state index contributed by atoms with van der Waals surface area (Å²) >= 11 is 0. The van der Waals surface area contributed by atoms with Crippen LogP contribution < -0.4 is 15.4 Å². The minimum atomic E-state index is -0.340. The maximum Gasteiger partial charge on any atom is 0.255 e. The van der Waals surface area contributed by atoms with E-state index in [4.69, 9.17) is 4.74 Å². The van der Waals surface area contributed by atoms with Crippen LogP contribution in [0.1, 0.15) is 17.3 Å². The summed E-state index contributed by atoms with van der Waals surface area (Å²) in [5, 5.41) is 5.29. The molecule has 0 atom stereocenters. The largest absolute Gasteiger partial charge is 0.493 e. The van der Waals surface area contributed by atoms with Gasteiger partial charge in [0.05, 0.1) is 18.7 Å². The maximum absolute atomic E-state index is 12.1. The maximum atomic E-state index is 12.1. The number of hydrogen-bond donors (Lipinski definition) is 2. The minimum Gasteiger partial charge on any atom is -0.493 e. The highest BCUT2D eigenvalue weighted by atomic mass is 16.5. The number of carbonyl (C=O) groups excluding carboxylic acids is 2. The van der Waals surface area contributed by atoms with Gasteiger partial charge in [-0.2, -0.15) is 0 Å². The number of anilines is 1. The van der Waals surface area contributed by atoms with Crippen LogP contribution in [-0.2, 0) is 4.79 Å². The molecular weight excluding hydrogens is 280 g/mol.